The van der Waals surface area contributed by atoms with Gasteiger partial charge in [0.1, 0.15) is 0 Å². The molecule has 0 spiro atoms. The summed E-state index contributed by atoms with van der Waals surface area (Å²) >= 11 is 0. The number of aryl methyl sites for hydroxylation is 1. The number of likely N-dealkylation sites (tertiary alicyclic amines) is 1. The van der Waals surface area contributed by atoms with Gasteiger partial charge in [-0.25, -0.2) is 0 Å². The van der Waals surface area contributed by atoms with Gasteiger partial charge in [-0.05, 0) is 32.4 Å². The molecule has 1 aromatic rings. The second kappa shape index (κ2) is 6.93. The molecular formula is C15H27N5O. The second-order valence-electron chi connectivity index (χ2n) is 5.56. The molecule has 21 heavy (non-hydrogen) atoms. The van der Waals surface area contributed by atoms with E-state index in [-0.39, 0.29) is 5.91 Å². The van der Waals surface area contributed by atoms with E-state index >= 15 is 0 Å². The van der Waals surface area contributed by atoms with Crippen LogP contribution in [0, 0.1) is 0 Å². The average molecular weight is 293 g/mol. The first-order chi connectivity index (χ1) is 10.1. The number of hydrogen-bond donors (Lipinski definition) is 2. The van der Waals surface area contributed by atoms with Gasteiger partial charge in [0.2, 0.25) is 0 Å². The largest absolute Gasteiger partial charge is 0.395 e. The van der Waals surface area contributed by atoms with Crippen LogP contribution in [-0.2, 0) is 6.42 Å². The van der Waals surface area contributed by atoms with Crippen LogP contribution in [0.1, 0.15) is 49.8 Å². The van der Waals surface area contributed by atoms with Gasteiger partial charge < -0.3 is 15.5 Å². The Morgan fingerprint density at radius 2 is 1.95 bits per heavy atom. The minimum Gasteiger partial charge on any atom is -0.395 e. The second-order valence-corrected chi connectivity index (χ2v) is 5.56. The van der Waals surface area contributed by atoms with E-state index in [4.69, 9.17) is 5.73 Å². The van der Waals surface area contributed by atoms with Gasteiger partial charge in [-0.2, -0.15) is 5.10 Å². The Bertz CT molecular complexity index is 472. The molecule has 1 aliphatic rings. The van der Waals surface area contributed by atoms with Crippen molar-refractivity contribution in [3.05, 3.63) is 11.4 Å². The number of rotatable bonds is 5. The number of carbonyl (C=O) groups excluding carboxylic acids is 1. The van der Waals surface area contributed by atoms with Crippen LogP contribution in [0.5, 0.6) is 0 Å². The predicted molar refractivity (Wildman–Crippen MR) is 84.2 cm³/mol. The fraction of sp³-hybridized carbons (Fsp3) is 0.733. The lowest BCUT2D eigenvalue weighted by Gasteiger charge is -2.37. The topological polar surface area (TPSA) is 78.2 Å². The van der Waals surface area contributed by atoms with E-state index < -0.39 is 0 Å². The predicted octanol–water partition coefficient (Wildman–Crippen LogP) is 1.50. The summed E-state index contributed by atoms with van der Waals surface area (Å²) < 4.78 is 0. The first-order valence-corrected chi connectivity index (χ1v) is 7.98. The number of hydrogen-bond acceptors (Lipinski definition) is 4. The maximum Gasteiger partial charge on any atom is 0.276 e. The molecule has 3 N–H and O–H groups in total. The molecular weight excluding hydrogens is 266 g/mol. The lowest BCUT2D eigenvalue weighted by atomic mass is 10.0. The van der Waals surface area contributed by atoms with Gasteiger partial charge in [-0.3, -0.25) is 9.89 Å². The molecule has 118 valence electrons. The molecule has 0 bridgehead atoms. The quantitative estimate of drug-likeness (QED) is 0.862. The van der Waals surface area contributed by atoms with Crippen molar-refractivity contribution in [1.29, 1.82) is 0 Å². The van der Waals surface area contributed by atoms with Crippen LogP contribution in [0.4, 0.5) is 5.69 Å². The van der Waals surface area contributed by atoms with Crippen molar-refractivity contribution in [3.63, 3.8) is 0 Å². The van der Waals surface area contributed by atoms with Gasteiger partial charge in [-0.1, -0.05) is 20.8 Å². The normalized spacial score (nSPS) is 16.7. The third kappa shape index (κ3) is 3.20. The summed E-state index contributed by atoms with van der Waals surface area (Å²) in [5.41, 5.74) is 7.72. The first kappa shape index (κ1) is 15.8. The third-order valence-corrected chi connectivity index (χ3v) is 4.52. The highest BCUT2D eigenvalue weighted by molar-refractivity contribution is 5.97. The smallest absolute Gasteiger partial charge is 0.276 e. The highest BCUT2D eigenvalue weighted by Crippen LogP contribution is 2.21. The number of nitrogens with one attached hydrogen (secondary N) is 1. The summed E-state index contributed by atoms with van der Waals surface area (Å²) in [4.78, 5) is 16.9. The summed E-state index contributed by atoms with van der Waals surface area (Å²) in [5.74, 6) is -0.0403. The molecule has 0 radical (unpaired) electrons. The monoisotopic (exact) mass is 293 g/mol. The number of carbonyl (C=O) groups is 1. The molecule has 0 aromatic carbocycles. The fourth-order valence-corrected chi connectivity index (χ4v) is 3.14. The Kier molecular flexibility index (Phi) is 5.22. The lowest BCUT2D eigenvalue weighted by molar-refractivity contribution is 0.0627. The number of amides is 1. The van der Waals surface area contributed by atoms with Crippen molar-refractivity contribution in [2.75, 3.05) is 31.9 Å². The van der Waals surface area contributed by atoms with Gasteiger partial charge in [-0.15, -0.1) is 0 Å². The number of nitrogen functional groups attached to an aromatic ring is 1. The minimum atomic E-state index is -0.0403. The number of nitrogens with zero attached hydrogens (tertiary/aromatic N) is 3. The average Bonchev–Trinajstić information content (AvgIpc) is 2.89. The number of H-pyrrole nitrogens is 1. The van der Waals surface area contributed by atoms with E-state index in [2.05, 4.69) is 28.9 Å². The maximum absolute atomic E-state index is 12.5. The number of nitrogens with two attached hydrogens (primary N) is 1. The zero-order valence-corrected chi connectivity index (χ0v) is 13.4. The summed E-state index contributed by atoms with van der Waals surface area (Å²) in [6, 6.07) is 0.590. The van der Waals surface area contributed by atoms with Gasteiger partial charge in [0.15, 0.2) is 5.69 Å². The number of anilines is 1. The lowest BCUT2D eigenvalue weighted by Crippen LogP contribution is -2.46. The SMILES string of the molecule is CCc1[nH]nc(C(=O)N2CCC(N(CC)CC)CC2)c1N. The van der Waals surface area contributed by atoms with Crippen LogP contribution >= 0.6 is 0 Å². The molecule has 1 fully saturated rings. The molecule has 2 heterocycles. The van der Waals surface area contributed by atoms with Crippen molar-refractivity contribution in [1.82, 2.24) is 20.0 Å². The van der Waals surface area contributed by atoms with Crippen LogP contribution in [0.25, 0.3) is 0 Å². The fourth-order valence-electron chi connectivity index (χ4n) is 3.14. The molecule has 2 rings (SSSR count). The zero-order valence-electron chi connectivity index (χ0n) is 13.4. The van der Waals surface area contributed by atoms with Crippen molar-refractivity contribution >= 4 is 11.6 Å². The van der Waals surface area contributed by atoms with Gasteiger partial charge in [0, 0.05) is 19.1 Å². The van der Waals surface area contributed by atoms with Crippen LogP contribution in [0.2, 0.25) is 0 Å². The van der Waals surface area contributed by atoms with E-state index in [1.807, 2.05) is 11.8 Å². The molecule has 6 nitrogen and oxygen atoms in total. The highest BCUT2D eigenvalue weighted by Gasteiger charge is 2.28. The Morgan fingerprint density at radius 3 is 2.43 bits per heavy atom. The van der Waals surface area contributed by atoms with Gasteiger partial charge in [0.05, 0.1) is 11.4 Å². The summed E-state index contributed by atoms with van der Waals surface area (Å²) in [7, 11) is 0. The first-order valence-electron chi connectivity index (χ1n) is 7.98. The number of piperidine rings is 1. The Balaban J connectivity index is 1.98. The number of aromatic amines is 1. The molecule has 1 aliphatic heterocycles. The molecule has 6 heteroatoms. The van der Waals surface area contributed by atoms with E-state index in [1.165, 1.54) is 0 Å². The van der Waals surface area contributed by atoms with Gasteiger partial charge in [0.25, 0.3) is 5.91 Å². The highest BCUT2D eigenvalue weighted by atomic mass is 16.2. The van der Waals surface area contributed by atoms with Crippen molar-refractivity contribution in [3.8, 4) is 0 Å². The van der Waals surface area contributed by atoms with Crippen LogP contribution < -0.4 is 5.73 Å². The minimum absolute atomic E-state index is 0.0403. The van der Waals surface area contributed by atoms with Crippen molar-refractivity contribution < 1.29 is 4.79 Å². The summed E-state index contributed by atoms with van der Waals surface area (Å²) in [6.07, 6.45) is 2.81. The Morgan fingerprint density at radius 1 is 1.33 bits per heavy atom. The molecule has 1 amide bonds. The molecule has 1 saturated heterocycles. The Labute approximate surface area is 126 Å². The standard InChI is InChI=1S/C15H27N5O/c1-4-12-13(16)14(18-17-12)15(21)20-9-7-11(8-10-20)19(5-2)6-3/h11H,4-10,16H2,1-3H3,(H,17,18). The molecule has 1 aromatic heterocycles. The summed E-state index contributed by atoms with van der Waals surface area (Å²) in [5, 5.41) is 6.95. The van der Waals surface area contributed by atoms with Crippen LogP contribution in [-0.4, -0.2) is 58.1 Å². The van der Waals surface area contributed by atoms with Gasteiger partial charge >= 0.3 is 0 Å². The van der Waals surface area contributed by atoms with E-state index in [0.29, 0.717) is 17.4 Å². The third-order valence-electron chi connectivity index (χ3n) is 4.52. The van der Waals surface area contributed by atoms with E-state index in [0.717, 1.165) is 51.1 Å². The molecule has 0 atom stereocenters. The molecule has 0 unspecified atom stereocenters. The van der Waals surface area contributed by atoms with Crippen LogP contribution in [0.3, 0.4) is 0 Å². The van der Waals surface area contributed by atoms with E-state index in [1.54, 1.807) is 0 Å². The molecule has 0 aliphatic carbocycles. The summed E-state index contributed by atoms with van der Waals surface area (Å²) in [6.45, 7) is 10.1. The maximum atomic E-state index is 12.5. The van der Waals surface area contributed by atoms with E-state index in [9.17, 15) is 4.79 Å². The zero-order chi connectivity index (χ0) is 15.4. The van der Waals surface area contributed by atoms with Crippen LogP contribution in [0.15, 0.2) is 0 Å². The molecule has 0 saturated carbocycles. The Hall–Kier alpha value is -1.56. The van der Waals surface area contributed by atoms with Crippen molar-refractivity contribution in [2.24, 2.45) is 0 Å². The van der Waals surface area contributed by atoms with Crippen molar-refractivity contribution in [2.45, 2.75) is 46.1 Å². The number of aromatic nitrogens is 2.